The van der Waals surface area contributed by atoms with Crippen molar-refractivity contribution in [2.75, 3.05) is 0 Å². The van der Waals surface area contributed by atoms with Crippen molar-refractivity contribution in [2.45, 2.75) is 13.0 Å². The van der Waals surface area contributed by atoms with Gasteiger partial charge in [0.2, 0.25) is 5.91 Å². The van der Waals surface area contributed by atoms with Gasteiger partial charge in [-0.3, -0.25) is 4.79 Å². The van der Waals surface area contributed by atoms with E-state index < -0.39 is 0 Å². The highest BCUT2D eigenvalue weighted by Gasteiger charge is 2.05. The van der Waals surface area contributed by atoms with Crippen LogP contribution in [0.15, 0.2) is 47.1 Å². The van der Waals surface area contributed by atoms with E-state index in [0.717, 1.165) is 26.8 Å². The Hall–Kier alpha value is -2.01. The zero-order chi connectivity index (χ0) is 13.9. The number of hydrogen-bond donors (Lipinski definition) is 3. The molecule has 0 saturated heterocycles. The summed E-state index contributed by atoms with van der Waals surface area (Å²) in [6.45, 7) is 0.506. The van der Waals surface area contributed by atoms with Gasteiger partial charge in [-0.25, -0.2) is 0 Å². The molecule has 1 amide bonds. The molecule has 2 aromatic heterocycles. The number of hydrogen-bond acceptors (Lipinski definition) is 1. The molecule has 3 aromatic rings. The number of benzene rings is 1. The highest BCUT2D eigenvalue weighted by molar-refractivity contribution is 9.10. The van der Waals surface area contributed by atoms with E-state index in [2.05, 4.69) is 43.3 Å². The second-order valence-corrected chi connectivity index (χ2v) is 5.59. The van der Waals surface area contributed by atoms with Crippen molar-refractivity contribution < 1.29 is 4.79 Å². The van der Waals surface area contributed by atoms with Crippen molar-refractivity contribution in [3.8, 4) is 0 Å². The summed E-state index contributed by atoms with van der Waals surface area (Å²) in [7, 11) is 0. The van der Waals surface area contributed by atoms with Gasteiger partial charge in [0.25, 0.3) is 0 Å². The van der Waals surface area contributed by atoms with E-state index in [9.17, 15) is 4.79 Å². The van der Waals surface area contributed by atoms with Gasteiger partial charge in [-0.05, 0) is 36.4 Å². The number of aromatic amines is 2. The molecule has 0 radical (unpaired) electrons. The number of amides is 1. The SMILES string of the molecule is O=C(Cc1ccc[nH]1)NCc1cc2cc(Br)ccc2[nH]1. The summed E-state index contributed by atoms with van der Waals surface area (Å²) in [6, 6.07) is 11.9. The first-order chi connectivity index (χ1) is 9.70. The molecular weight excluding hydrogens is 318 g/mol. The molecule has 3 rings (SSSR count). The molecule has 102 valence electrons. The molecule has 2 heterocycles. The molecule has 0 spiro atoms. The summed E-state index contributed by atoms with van der Waals surface area (Å²) in [4.78, 5) is 18.1. The minimum Gasteiger partial charge on any atom is -0.365 e. The molecule has 0 atom stereocenters. The molecule has 0 aliphatic carbocycles. The fraction of sp³-hybridized carbons (Fsp3) is 0.133. The van der Waals surface area contributed by atoms with Gasteiger partial charge < -0.3 is 15.3 Å². The van der Waals surface area contributed by atoms with Crippen LogP contribution in [0.3, 0.4) is 0 Å². The molecule has 4 nitrogen and oxygen atoms in total. The molecule has 0 aliphatic rings. The first kappa shape index (κ1) is 13.0. The number of carbonyl (C=O) groups excluding carboxylic acids is 1. The fourth-order valence-electron chi connectivity index (χ4n) is 2.17. The molecule has 0 aliphatic heterocycles. The Labute approximate surface area is 124 Å². The Bertz CT molecular complexity index is 731. The predicted octanol–water partition coefficient (Wildman–Crippen LogP) is 3.12. The lowest BCUT2D eigenvalue weighted by Gasteiger charge is -2.02. The van der Waals surface area contributed by atoms with E-state index in [4.69, 9.17) is 0 Å². The van der Waals surface area contributed by atoms with Crippen molar-refractivity contribution in [1.82, 2.24) is 15.3 Å². The van der Waals surface area contributed by atoms with E-state index in [1.165, 1.54) is 0 Å². The topological polar surface area (TPSA) is 60.7 Å². The molecule has 1 aromatic carbocycles. The minimum absolute atomic E-state index is 0.00675. The number of nitrogens with one attached hydrogen (secondary N) is 3. The Morgan fingerprint density at radius 3 is 2.90 bits per heavy atom. The van der Waals surface area contributed by atoms with Crippen LogP contribution in [0, 0.1) is 0 Å². The van der Waals surface area contributed by atoms with E-state index in [1.54, 1.807) is 0 Å². The number of aromatic nitrogens is 2. The number of fused-ring (bicyclic) bond motifs is 1. The lowest BCUT2D eigenvalue weighted by molar-refractivity contribution is -0.120. The first-order valence-corrected chi connectivity index (χ1v) is 7.16. The molecule has 0 unspecified atom stereocenters. The maximum atomic E-state index is 11.8. The standard InChI is InChI=1S/C15H14BrN3O/c16-11-3-4-14-10(6-11)7-13(19-14)9-18-15(20)8-12-2-1-5-17-12/h1-7,17,19H,8-9H2,(H,18,20). The third-order valence-corrected chi connectivity index (χ3v) is 3.62. The number of H-pyrrole nitrogens is 2. The molecule has 0 saturated carbocycles. The van der Waals surface area contributed by atoms with E-state index >= 15 is 0 Å². The Balaban J connectivity index is 1.63. The van der Waals surface area contributed by atoms with Crippen molar-refractivity contribution in [3.05, 3.63) is 58.5 Å². The lowest BCUT2D eigenvalue weighted by atomic mass is 10.2. The smallest absolute Gasteiger partial charge is 0.226 e. The Morgan fingerprint density at radius 2 is 2.10 bits per heavy atom. The second kappa shape index (κ2) is 5.54. The van der Waals surface area contributed by atoms with Gasteiger partial charge in [0.05, 0.1) is 13.0 Å². The van der Waals surface area contributed by atoms with Gasteiger partial charge in [0.15, 0.2) is 0 Å². The van der Waals surface area contributed by atoms with E-state index in [0.29, 0.717) is 13.0 Å². The highest BCUT2D eigenvalue weighted by Crippen LogP contribution is 2.20. The Morgan fingerprint density at radius 1 is 1.20 bits per heavy atom. The highest BCUT2D eigenvalue weighted by atomic mass is 79.9. The van der Waals surface area contributed by atoms with Crippen LogP contribution in [0.1, 0.15) is 11.4 Å². The molecule has 0 bridgehead atoms. The van der Waals surface area contributed by atoms with Crippen LogP contribution in [0.4, 0.5) is 0 Å². The first-order valence-electron chi connectivity index (χ1n) is 6.37. The average molecular weight is 332 g/mol. The molecule has 5 heteroatoms. The van der Waals surface area contributed by atoms with Gasteiger partial charge in [0.1, 0.15) is 0 Å². The molecular formula is C15H14BrN3O. The van der Waals surface area contributed by atoms with Crippen LogP contribution in [-0.2, 0) is 17.8 Å². The van der Waals surface area contributed by atoms with Gasteiger partial charge in [-0.2, -0.15) is 0 Å². The molecule has 0 fully saturated rings. The fourth-order valence-corrected chi connectivity index (χ4v) is 2.54. The number of rotatable bonds is 4. The van der Waals surface area contributed by atoms with Crippen molar-refractivity contribution in [3.63, 3.8) is 0 Å². The van der Waals surface area contributed by atoms with Crippen LogP contribution in [0.25, 0.3) is 10.9 Å². The monoisotopic (exact) mass is 331 g/mol. The summed E-state index contributed by atoms with van der Waals surface area (Å²) >= 11 is 3.45. The van der Waals surface area contributed by atoms with Gasteiger partial charge >= 0.3 is 0 Å². The predicted molar refractivity (Wildman–Crippen MR) is 82.3 cm³/mol. The number of carbonyl (C=O) groups is 1. The normalized spacial score (nSPS) is 10.8. The molecule has 20 heavy (non-hydrogen) atoms. The van der Waals surface area contributed by atoms with Crippen LogP contribution < -0.4 is 5.32 Å². The maximum Gasteiger partial charge on any atom is 0.226 e. The van der Waals surface area contributed by atoms with E-state index in [-0.39, 0.29) is 5.91 Å². The van der Waals surface area contributed by atoms with Crippen LogP contribution >= 0.6 is 15.9 Å². The second-order valence-electron chi connectivity index (χ2n) is 4.68. The quantitative estimate of drug-likeness (QED) is 0.675. The summed E-state index contributed by atoms with van der Waals surface area (Å²) in [5.41, 5.74) is 2.99. The number of halogens is 1. The van der Waals surface area contributed by atoms with Crippen molar-refractivity contribution in [1.29, 1.82) is 0 Å². The summed E-state index contributed by atoms with van der Waals surface area (Å²) < 4.78 is 1.05. The summed E-state index contributed by atoms with van der Waals surface area (Å²) in [5, 5.41) is 4.04. The zero-order valence-electron chi connectivity index (χ0n) is 10.7. The van der Waals surface area contributed by atoms with Gasteiger partial charge in [-0.1, -0.05) is 15.9 Å². The average Bonchev–Trinajstić information content (AvgIpc) is 3.04. The maximum absolute atomic E-state index is 11.8. The largest absolute Gasteiger partial charge is 0.365 e. The van der Waals surface area contributed by atoms with Crippen LogP contribution in [-0.4, -0.2) is 15.9 Å². The summed E-state index contributed by atoms with van der Waals surface area (Å²) in [6.07, 6.45) is 2.19. The Kier molecular flexibility index (Phi) is 3.60. The lowest BCUT2D eigenvalue weighted by Crippen LogP contribution is -2.24. The van der Waals surface area contributed by atoms with Crippen molar-refractivity contribution >= 4 is 32.7 Å². The summed E-state index contributed by atoms with van der Waals surface area (Å²) in [5.74, 6) is 0.00675. The molecule has 3 N–H and O–H groups in total. The zero-order valence-corrected chi connectivity index (χ0v) is 12.3. The van der Waals surface area contributed by atoms with Crippen molar-refractivity contribution in [2.24, 2.45) is 0 Å². The van der Waals surface area contributed by atoms with Gasteiger partial charge in [-0.15, -0.1) is 0 Å². The third kappa shape index (κ3) is 2.93. The van der Waals surface area contributed by atoms with Gasteiger partial charge in [0, 0.05) is 33.0 Å². The third-order valence-electron chi connectivity index (χ3n) is 3.13. The van der Waals surface area contributed by atoms with E-state index in [1.807, 2.05) is 30.5 Å². The van der Waals surface area contributed by atoms with Crippen LogP contribution in [0.5, 0.6) is 0 Å². The minimum atomic E-state index is 0.00675. The van der Waals surface area contributed by atoms with Crippen LogP contribution in [0.2, 0.25) is 0 Å².